The Morgan fingerprint density at radius 3 is 0.850 bits per heavy atom. The second-order valence-corrected chi connectivity index (χ2v) is 9.38. The standard InChI is InChI=1S/C32H26O8/c1-35-27(33)29-30(28(34)36-2,31(29,37-23-15-7-3-8-16-23)38-24-17-9-4-10-18-24)32(29,39-25-19-11-5-12-20-25)40-26-21-13-6-14-22-26/h3-22H,1-2H3. The Bertz CT molecular complexity index is 1290. The average molecular weight is 539 g/mol. The summed E-state index contributed by atoms with van der Waals surface area (Å²) in [5.41, 5.74) is -3.88. The fourth-order valence-electron chi connectivity index (χ4n) is 5.80. The van der Waals surface area contributed by atoms with E-state index in [0.717, 1.165) is 0 Å². The summed E-state index contributed by atoms with van der Waals surface area (Å²) in [5, 5.41) is 0. The lowest BCUT2D eigenvalue weighted by Gasteiger charge is -2.40. The van der Waals surface area contributed by atoms with Crippen LogP contribution < -0.4 is 18.9 Å². The maximum Gasteiger partial charge on any atom is 0.330 e. The van der Waals surface area contributed by atoms with Crippen LogP contribution in [0.3, 0.4) is 0 Å². The van der Waals surface area contributed by atoms with Crippen molar-refractivity contribution in [2.75, 3.05) is 14.2 Å². The van der Waals surface area contributed by atoms with E-state index in [0.29, 0.717) is 23.0 Å². The molecule has 0 aliphatic heterocycles. The Labute approximate surface area is 231 Å². The van der Waals surface area contributed by atoms with Crippen molar-refractivity contribution in [3.63, 3.8) is 0 Å². The van der Waals surface area contributed by atoms with Gasteiger partial charge in [-0.15, -0.1) is 0 Å². The van der Waals surface area contributed by atoms with Gasteiger partial charge in [-0.3, -0.25) is 9.59 Å². The van der Waals surface area contributed by atoms with Crippen LogP contribution in [-0.4, -0.2) is 37.7 Å². The number of methoxy groups -OCH3 is 2. The number of carbonyl (C=O) groups is 2. The van der Waals surface area contributed by atoms with Gasteiger partial charge in [0, 0.05) is 0 Å². The lowest BCUT2D eigenvalue weighted by molar-refractivity contribution is -0.241. The molecule has 2 fully saturated rings. The molecule has 0 amide bonds. The quantitative estimate of drug-likeness (QED) is 0.205. The summed E-state index contributed by atoms with van der Waals surface area (Å²) < 4.78 is 36.6. The van der Waals surface area contributed by atoms with E-state index < -0.39 is 34.3 Å². The van der Waals surface area contributed by atoms with E-state index >= 15 is 0 Å². The van der Waals surface area contributed by atoms with Gasteiger partial charge in [0.15, 0.2) is 0 Å². The van der Waals surface area contributed by atoms with Gasteiger partial charge in [0.25, 0.3) is 10.8 Å². The minimum absolute atomic E-state index is 0.352. The highest BCUT2D eigenvalue weighted by atomic mass is 16.8. The first-order valence-electron chi connectivity index (χ1n) is 12.7. The monoisotopic (exact) mass is 538 g/mol. The van der Waals surface area contributed by atoms with E-state index in [-0.39, 0.29) is 0 Å². The van der Waals surface area contributed by atoms with Crippen LogP contribution in [0.5, 0.6) is 23.0 Å². The Balaban J connectivity index is 1.59. The molecule has 4 aromatic rings. The van der Waals surface area contributed by atoms with Crippen LogP contribution >= 0.6 is 0 Å². The van der Waals surface area contributed by atoms with Crippen LogP contribution in [0.15, 0.2) is 121 Å². The highest BCUT2D eigenvalue weighted by Crippen LogP contribution is 2.99. The molecule has 0 atom stereocenters. The molecular weight excluding hydrogens is 512 g/mol. The van der Waals surface area contributed by atoms with Crippen LogP contribution in [-0.2, 0) is 19.1 Å². The van der Waals surface area contributed by atoms with Crippen molar-refractivity contribution >= 4 is 11.9 Å². The molecule has 2 saturated carbocycles. The fourth-order valence-corrected chi connectivity index (χ4v) is 5.80. The van der Waals surface area contributed by atoms with Gasteiger partial charge in [0.1, 0.15) is 23.0 Å². The van der Waals surface area contributed by atoms with Crippen LogP contribution in [0, 0.1) is 10.8 Å². The van der Waals surface area contributed by atoms with Crippen molar-refractivity contribution in [2.24, 2.45) is 10.8 Å². The van der Waals surface area contributed by atoms with Crippen molar-refractivity contribution in [1.29, 1.82) is 0 Å². The summed E-state index contributed by atoms with van der Waals surface area (Å²) in [6, 6.07) is 35.0. The topological polar surface area (TPSA) is 89.5 Å². The number of rotatable bonds is 10. The second-order valence-electron chi connectivity index (χ2n) is 9.38. The Kier molecular flexibility index (Phi) is 5.91. The molecule has 0 heterocycles. The van der Waals surface area contributed by atoms with E-state index in [1.54, 1.807) is 97.1 Å². The van der Waals surface area contributed by atoms with E-state index in [1.165, 1.54) is 14.2 Å². The summed E-state index contributed by atoms with van der Waals surface area (Å²) in [5.74, 6) is -4.14. The van der Waals surface area contributed by atoms with Crippen LogP contribution in [0.25, 0.3) is 0 Å². The van der Waals surface area contributed by atoms with Crippen LogP contribution in [0.1, 0.15) is 0 Å². The third-order valence-electron chi connectivity index (χ3n) is 7.41. The minimum atomic E-state index is -1.95. The number of hydrogen-bond donors (Lipinski definition) is 0. The Morgan fingerprint density at radius 1 is 0.425 bits per heavy atom. The predicted molar refractivity (Wildman–Crippen MR) is 143 cm³/mol. The molecule has 8 nitrogen and oxygen atoms in total. The predicted octanol–water partition coefficient (Wildman–Crippen LogP) is 5.04. The minimum Gasteiger partial charge on any atom is -0.468 e. The summed E-state index contributed by atoms with van der Waals surface area (Å²) >= 11 is 0. The van der Waals surface area contributed by atoms with E-state index in [4.69, 9.17) is 28.4 Å². The molecule has 0 unspecified atom stereocenters. The molecule has 0 spiro atoms. The largest absolute Gasteiger partial charge is 0.468 e. The first-order valence-corrected chi connectivity index (χ1v) is 12.7. The molecule has 6 rings (SSSR count). The smallest absolute Gasteiger partial charge is 0.330 e. The molecule has 4 aromatic carbocycles. The van der Waals surface area contributed by atoms with Crippen molar-refractivity contribution in [3.8, 4) is 23.0 Å². The van der Waals surface area contributed by atoms with Crippen molar-refractivity contribution < 1.29 is 38.0 Å². The number of fused-ring (bicyclic) bond motifs is 1. The van der Waals surface area contributed by atoms with Gasteiger partial charge in [-0.05, 0) is 48.5 Å². The number of para-hydroxylation sites is 4. The summed E-state index contributed by atoms with van der Waals surface area (Å²) in [6.45, 7) is 0. The number of hydrogen-bond acceptors (Lipinski definition) is 8. The highest BCUT2D eigenvalue weighted by molar-refractivity contribution is 6.10. The van der Waals surface area contributed by atoms with Gasteiger partial charge in [-0.1, -0.05) is 72.8 Å². The maximum absolute atomic E-state index is 14.0. The van der Waals surface area contributed by atoms with Gasteiger partial charge in [-0.2, -0.15) is 0 Å². The summed E-state index contributed by atoms with van der Waals surface area (Å²) in [4.78, 5) is 28.0. The molecule has 202 valence electrons. The van der Waals surface area contributed by atoms with E-state index in [2.05, 4.69) is 0 Å². The molecule has 8 heteroatoms. The molecule has 2 aliphatic rings. The zero-order valence-corrected chi connectivity index (χ0v) is 21.8. The van der Waals surface area contributed by atoms with Crippen LogP contribution in [0.2, 0.25) is 0 Å². The van der Waals surface area contributed by atoms with Gasteiger partial charge < -0.3 is 28.4 Å². The zero-order chi connectivity index (χ0) is 27.8. The van der Waals surface area contributed by atoms with Gasteiger partial charge >= 0.3 is 23.5 Å². The first-order chi connectivity index (χ1) is 19.5. The van der Waals surface area contributed by atoms with Crippen molar-refractivity contribution in [2.45, 2.75) is 11.6 Å². The molecule has 0 aromatic heterocycles. The summed E-state index contributed by atoms with van der Waals surface area (Å²) in [7, 11) is 2.45. The molecule has 2 aliphatic carbocycles. The number of benzene rings is 4. The third kappa shape index (κ3) is 3.13. The third-order valence-corrected chi connectivity index (χ3v) is 7.41. The normalized spacial score (nSPS) is 22.6. The lowest BCUT2D eigenvalue weighted by Crippen LogP contribution is -2.62. The molecule has 0 saturated heterocycles. The number of esters is 2. The number of ether oxygens (including phenoxy) is 6. The van der Waals surface area contributed by atoms with Gasteiger partial charge in [0.2, 0.25) is 0 Å². The first kappa shape index (κ1) is 25.3. The van der Waals surface area contributed by atoms with E-state index in [9.17, 15) is 9.59 Å². The zero-order valence-electron chi connectivity index (χ0n) is 21.8. The molecule has 0 bridgehead atoms. The Morgan fingerprint density at radius 2 is 0.650 bits per heavy atom. The molecule has 0 N–H and O–H groups in total. The van der Waals surface area contributed by atoms with Gasteiger partial charge in [0.05, 0.1) is 14.2 Å². The maximum atomic E-state index is 14.0. The molecule has 40 heavy (non-hydrogen) atoms. The number of carbonyl (C=O) groups excluding carboxylic acids is 2. The SMILES string of the molecule is COC(=O)C12C(Oc3ccccc3)(Oc3ccccc3)C1(C(=O)OC)C2(Oc1ccccc1)Oc1ccccc1. The Hall–Kier alpha value is -4.98. The molecule has 0 radical (unpaired) electrons. The van der Waals surface area contributed by atoms with Crippen molar-refractivity contribution in [1.82, 2.24) is 0 Å². The van der Waals surface area contributed by atoms with Crippen molar-refractivity contribution in [3.05, 3.63) is 121 Å². The van der Waals surface area contributed by atoms with E-state index in [1.807, 2.05) is 24.3 Å². The lowest BCUT2D eigenvalue weighted by atomic mass is 9.99. The van der Waals surface area contributed by atoms with Crippen LogP contribution in [0.4, 0.5) is 0 Å². The highest BCUT2D eigenvalue weighted by Gasteiger charge is 3.31. The average Bonchev–Trinajstić information content (AvgIpc) is 3.78. The summed E-state index contributed by atoms with van der Waals surface area (Å²) in [6.07, 6.45) is 0. The second kappa shape index (κ2) is 9.34. The molecular formula is C32H26O8. The fraction of sp³-hybridized carbons (Fsp3) is 0.188. The van der Waals surface area contributed by atoms with Gasteiger partial charge in [-0.25, -0.2) is 0 Å².